The van der Waals surface area contributed by atoms with Crippen molar-refractivity contribution < 1.29 is 13.2 Å². The van der Waals surface area contributed by atoms with Gasteiger partial charge in [-0.1, -0.05) is 12.1 Å². The number of aryl methyl sites for hydroxylation is 1. The average Bonchev–Trinajstić information content (AvgIpc) is 3.02. The number of nitrogens with zero attached hydrogens (tertiary/aromatic N) is 2. The first-order valence-electron chi connectivity index (χ1n) is 7.30. The molecule has 0 aliphatic rings. The van der Waals surface area contributed by atoms with E-state index in [1.807, 2.05) is 19.1 Å². The summed E-state index contributed by atoms with van der Waals surface area (Å²) in [5, 5.41) is 10.0. The van der Waals surface area contributed by atoms with Crippen LogP contribution in [0.1, 0.15) is 16.8 Å². The summed E-state index contributed by atoms with van der Waals surface area (Å²) in [4.78, 5) is 4.20. The van der Waals surface area contributed by atoms with Crippen LogP contribution in [0, 0.1) is 6.92 Å². The van der Waals surface area contributed by atoms with Gasteiger partial charge in [0.05, 0.1) is 29.3 Å². The second-order valence-electron chi connectivity index (χ2n) is 5.39. The third-order valence-electron chi connectivity index (χ3n) is 3.61. The number of hydrogen-bond donors (Lipinski definition) is 2. The predicted octanol–water partition coefficient (Wildman–Crippen LogP) is 4.41. The van der Waals surface area contributed by atoms with Gasteiger partial charge in [0.15, 0.2) is 0 Å². The molecule has 1 aromatic carbocycles. The molecule has 3 rings (SSSR count). The number of halogens is 3. The van der Waals surface area contributed by atoms with Gasteiger partial charge in [-0.05, 0) is 36.8 Å². The SMILES string of the molecule is Cc1ccc(NCc2cn[nH]c2-c2ccc(C(F)(F)F)cc2)cn1. The van der Waals surface area contributed by atoms with Crippen LogP contribution in [-0.2, 0) is 12.7 Å². The summed E-state index contributed by atoms with van der Waals surface area (Å²) in [7, 11) is 0. The van der Waals surface area contributed by atoms with Crippen LogP contribution in [0.15, 0.2) is 48.8 Å². The fourth-order valence-corrected chi connectivity index (χ4v) is 2.29. The molecule has 7 heteroatoms. The van der Waals surface area contributed by atoms with Crippen molar-refractivity contribution in [1.29, 1.82) is 0 Å². The lowest BCUT2D eigenvalue weighted by Crippen LogP contribution is -2.04. The molecule has 0 unspecified atom stereocenters. The topological polar surface area (TPSA) is 53.6 Å². The summed E-state index contributed by atoms with van der Waals surface area (Å²) >= 11 is 0. The standard InChI is InChI=1S/C17H15F3N4/c1-11-2-7-15(10-21-11)22-8-13-9-23-24-16(13)12-3-5-14(6-4-12)17(18,19)20/h2-7,9-10,22H,8H2,1H3,(H,23,24). The largest absolute Gasteiger partial charge is 0.416 e. The molecule has 124 valence electrons. The molecule has 0 radical (unpaired) electrons. The summed E-state index contributed by atoms with van der Waals surface area (Å²) in [6, 6.07) is 8.82. The average molecular weight is 332 g/mol. The van der Waals surface area contributed by atoms with E-state index in [0.29, 0.717) is 17.8 Å². The highest BCUT2D eigenvalue weighted by molar-refractivity contribution is 5.63. The van der Waals surface area contributed by atoms with Gasteiger partial charge in [-0.3, -0.25) is 10.1 Å². The molecule has 0 saturated carbocycles. The highest BCUT2D eigenvalue weighted by atomic mass is 19.4. The van der Waals surface area contributed by atoms with E-state index in [4.69, 9.17) is 0 Å². The molecule has 0 amide bonds. The molecule has 0 aliphatic carbocycles. The van der Waals surface area contributed by atoms with Gasteiger partial charge in [-0.15, -0.1) is 0 Å². The van der Waals surface area contributed by atoms with Crippen LogP contribution in [0.3, 0.4) is 0 Å². The normalized spacial score (nSPS) is 11.5. The van der Waals surface area contributed by atoms with Crippen molar-refractivity contribution in [3.63, 3.8) is 0 Å². The smallest absolute Gasteiger partial charge is 0.380 e. The number of nitrogens with one attached hydrogen (secondary N) is 2. The molecule has 2 aromatic heterocycles. The highest BCUT2D eigenvalue weighted by Gasteiger charge is 2.30. The molecule has 0 saturated heterocycles. The Morgan fingerprint density at radius 2 is 1.79 bits per heavy atom. The fraction of sp³-hybridized carbons (Fsp3) is 0.176. The summed E-state index contributed by atoms with van der Waals surface area (Å²) in [6.45, 7) is 2.39. The third kappa shape index (κ3) is 3.56. The lowest BCUT2D eigenvalue weighted by molar-refractivity contribution is -0.137. The Bertz CT molecular complexity index is 805. The van der Waals surface area contributed by atoms with Gasteiger partial charge in [-0.2, -0.15) is 18.3 Å². The van der Waals surface area contributed by atoms with Crippen molar-refractivity contribution >= 4 is 5.69 Å². The van der Waals surface area contributed by atoms with Gasteiger partial charge in [0.25, 0.3) is 0 Å². The molecule has 2 N–H and O–H groups in total. The number of aromatic nitrogens is 3. The van der Waals surface area contributed by atoms with Crippen molar-refractivity contribution in [2.24, 2.45) is 0 Å². The van der Waals surface area contributed by atoms with Gasteiger partial charge in [0.1, 0.15) is 0 Å². The van der Waals surface area contributed by atoms with Gasteiger partial charge in [0, 0.05) is 17.8 Å². The number of H-pyrrole nitrogens is 1. The molecule has 0 fully saturated rings. The van der Waals surface area contributed by atoms with Crippen LogP contribution in [-0.4, -0.2) is 15.2 Å². The van der Waals surface area contributed by atoms with E-state index >= 15 is 0 Å². The highest BCUT2D eigenvalue weighted by Crippen LogP contribution is 2.31. The zero-order chi connectivity index (χ0) is 17.2. The Hall–Kier alpha value is -2.83. The van der Waals surface area contributed by atoms with Crippen LogP contribution < -0.4 is 5.32 Å². The second kappa shape index (κ2) is 6.35. The van der Waals surface area contributed by atoms with Crippen molar-refractivity contribution in [2.75, 3.05) is 5.32 Å². The summed E-state index contributed by atoms with van der Waals surface area (Å²) in [5.74, 6) is 0. The van der Waals surface area contributed by atoms with Crippen LogP contribution in [0.5, 0.6) is 0 Å². The quantitative estimate of drug-likeness (QED) is 0.744. The number of hydrogen-bond acceptors (Lipinski definition) is 3. The van der Waals surface area contributed by atoms with Crippen molar-refractivity contribution in [3.8, 4) is 11.3 Å². The van der Waals surface area contributed by atoms with E-state index in [-0.39, 0.29) is 0 Å². The summed E-state index contributed by atoms with van der Waals surface area (Å²) in [6.07, 6.45) is -0.954. The van der Waals surface area contributed by atoms with Crippen LogP contribution in [0.4, 0.5) is 18.9 Å². The first kappa shape index (κ1) is 16.0. The monoisotopic (exact) mass is 332 g/mol. The Morgan fingerprint density at radius 1 is 1.04 bits per heavy atom. The maximum atomic E-state index is 12.6. The molecule has 24 heavy (non-hydrogen) atoms. The first-order valence-corrected chi connectivity index (χ1v) is 7.30. The minimum absolute atomic E-state index is 0.484. The van der Waals surface area contributed by atoms with E-state index in [0.717, 1.165) is 29.1 Å². The van der Waals surface area contributed by atoms with Gasteiger partial charge < -0.3 is 5.32 Å². The number of alkyl halides is 3. The van der Waals surface area contributed by atoms with E-state index in [1.165, 1.54) is 12.1 Å². The number of benzene rings is 1. The number of aromatic amines is 1. The number of anilines is 1. The molecule has 4 nitrogen and oxygen atoms in total. The van der Waals surface area contributed by atoms with Crippen LogP contribution in [0.25, 0.3) is 11.3 Å². The Balaban J connectivity index is 1.76. The third-order valence-corrected chi connectivity index (χ3v) is 3.61. The van der Waals surface area contributed by atoms with E-state index in [9.17, 15) is 13.2 Å². The van der Waals surface area contributed by atoms with E-state index in [2.05, 4.69) is 20.5 Å². The first-order chi connectivity index (χ1) is 11.4. The number of rotatable bonds is 4. The van der Waals surface area contributed by atoms with Crippen LogP contribution in [0.2, 0.25) is 0 Å². The molecule has 0 atom stereocenters. The number of pyridine rings is 1. The Morgan fingerprint density at radius 3 is 2.42 bits per heavy atom. The zero-order valence-electron chi connectivity index (χ0n) is 12.9. The fourth-order valence-electron chi connectivity index (χ4n) is 2.29. The van der Waals surface area contributed by atoms with Crippen molar-refractivity contribution in [1.82, 2.24) is 15.2 Å². The second-order valence-corrected chi connectivity index (χ2v) is 5.39. The van der Waals surface area contributed by atoms with Gasteiger partial charge in [-0.25, -0.2) is 0 Å². The van der Waals surface area contributed by atoms with E-state index < -0.39 is 11.7 Å². The molecule has 0 aliphatic heterocycles. The molecule has 2 heterocycles. The molecular weight excluding hydrogens is 317 g/mol. The molecule has 0 bridgehead atoms. The predicted molar refractivity (Wildman–Crippen MR) is 85.3 cm³/mol. The Labute approximate surface area is 136 Å². The van der Waals surface area contributed by atoms with Gasteiger partial charge >= 0.3 is 6.18 Å². The minimum Gasteiger partial charge on any atom is -0.380 e. The van der Waals surface area contributed by atoms with Crippen LogP contribution >= 0.6 is 0 Å². The lowest BCUT2D eigenvalue weighted by Gasteiger charge is -2.09. The van der Waals surface area contributed by atoms with Gasteiger partial charge in [0.2, 0.25) is 0 Å². The Kier molecular flexibility index (Phi) is 4.24. The summed E-state index contributed by atoms with van der Waals surface area (Å²) in [5.41, 5.74) is 3.32. The molecular formula is C17H15F3N4. The lowest BCUT2D eigenvalue weighted by atomic mass is 10.1. The minimum atomic E-state index is -4.34. The maximum absolute atomic E-state index is 12.6. The molecule has 3 aromatic rings. The summed E-state index contributed by atoms with van der Waals surface area (Å²) < 4.78 is 37.9. The zero-order valence-corrected chi connectivity index (χ0v) is 12.9. The van der Waals surface area contributed by atoms with Crippen molar-refractivity contribution in [3.05, 3.63) is 65.6 Å². The molecule has 0 spiro atoms. The van der Waals surface area contributed by atoms with Crippen molar-refractivity contribution in [2.45, 2.75) is 19.6 Å². The maximum Gasteiger partial charge on any atom is 0.416 e. The van der Waals surface area contributed by atoms with E-state index in [1.54, 1.807) is 12.4 Å².